The minimum Gasteiger partial charge on any atom is -0.488 e. The normalized spacial score (nSPS) is 21.5. The van der Waals surface area contributed by atoms with Crippen molar-refractivity contribution in [2.45, 2.75) is 164 Å². The van der Waals surface area contributed by atoms with Crippen LogP contribution in [-0.4, -0.2) is 246 Å². The lowest BCUT2D eigenvalue weighted by atomic mass is 9.92. The predicted molar refractivity (Wildman–Crippen MR) is 489 cm³/mol. The van der Waals surface area contributed by atoms with Gasteiger partial charge in [0.2, 0.25) is 5.95 Å². The van der Waals surface area contributed by atoms with Gasteiger partial charge in [-0.1, -0.05) is 18.2 Å². The van der Waals surface area contributed by atoms with Crippen LogP contribution in [0.15, 0.2) is 166 Å². The summed E-state index contributed by atoms with van der Waals surface area (Å²) in [5.41, 5.74) is 11.4. The molecule has 132 heavy (non-hydrogen) atoms. The molecule has 8 fully saturated rings. The topological polar surface area (TPSA) is 386 Å². The number of anilines is 6. The van der Waals surface area contributed by atoms with E-state index in [2.05, 4.69) is 142 Å². The SMILES string of the molecule is Cn1ccnc1C(=O)NC1CCC(Oc2cc(N3CCOCC3)cc3nccnc23)CC1.N#Cc1cc(NC2CCC(Oc3cc(N4CCOCC4)cc4nccnc34)CC2)ncn1.O=C(NC1CCC(Oc2cc(N3CCOCC3)cc3nccnc23)CC1)c1ccccc1.O[C@H](c1cnc(NC2CCC(Oc3cc(N4CCOCC4)cc4nccnc34)CC2)nc1)C(F)(F)F. The Labute approximate surface area is 761 Å². The number of fused-ring (bicyclic) bond motifs is 4. The first-order chi connectivity index (χ1) is 64.6. The van der Waals surface area contributed by atoms with E-state index in [4.69, 9.17) is 43.2 Å². The molecule has 8 aliphatic rings. The molecule has 4 saturated heterocycles. The number of halogens is 3. The lowest BCUT2D eigenvalue weighted by Crippen LogP contribution is -2.40. The van der Waals surface area contributed by atoms with Crippen molar-refractivity contribution in [1.29, 1.82) is 5.26 Å². The highest BCUT2D eigenvalue weighted by atomic mass is 19.4. The minimum atomic E-state index is -4.75. The first-order valence-electron chi connectivity index (χ1n) is 45.5. The van der Waals surface area contributed by atoms with E-state index in [9.17, 15) is 27.9 Å². The van der Waals surface area contributed by atoms with Crippen LogP contribution in [0.5, 0.6) is 23.0 Å². The second kappa shape index (κ2) is 43.7. The summed E-state index contributed by atoms with van der Waals surface area (Å²) in [6.07, 6.45) is 27.4. The molecule has 37 heteroatoms. The maximum Gasteiger partial charge on any atom is 0.418 e. The molecule has 0 radical (unpaired) electrons. The number of hydrogen-bond acceptors (Lipinski definition) is 31. The predicted octanol–water partition coefficient (Wildman–Crippen LogP) is 12.5. The molecule has 1 atom stereocenters. The second-order valence-electron chi connectivity index (χ2n) is 33.9. The van der Waals surface area contributed by atoms with E-state index in [1.54, 1.807) is 72.6 Å². The summed E-state index contributed by atoms with van der Waals surface area (Å²) in [7, 11) is 1.82. The van der Waals surface area contributed by atoms with Gasteiger partial charge in [-0.05, 0) is 139 Å². The quantitative estimate of drug-likeness (QED) is 0.0446. The van der Waals surface area contributed by atoms with Crippen LogP contribution < -0.4 is 59.8 Å². The third-order valence-electron chi connectivity index (χ3n) is 25.0. The van der Waals surface area contributed by atoms with Gasteiger partial charge in [0.15, 0.2) is 11.9 Å². The Morgan fingerprint density at radius 3 is 1.12 bits per heavy atom. The molecule has 4 aliphatic carbocycles. The van der Waals surface area contributed by atoms with Crippen LogP contribution in [0.2, 0.25) is 0 Å². The number of aliphatic hydroxyl groups excluding tert-OH is 1. The van der Waals surface area contributed by atoms with E-state index in [0.717, 1.165) is 291 Å². The molecule has 11 heterocycles. The number of alkyl halides is 3. The summed E-state index contributed by atoms with van der Waals surface area (Å²) in [5.74, 6) is 4.30. The fourth-order valence-corrected chi connectivity index (χ4v) is 17.8. The fraction of sp³-hybridized carbons (Fsp3) is 0.453. The van der Waals surface area contributed by atoms with E-state index in [1.807, 2.05) is 55.6 Å². The van der Waals surface area contributed by atoms with Gasteiger partial charge in [0, 0.05) is 222 Å². The van der Waals surface area contributed by atoms with Crippen molar-refractivity contribution >= 4 is 90.5 Å². The lowest BCUT2D eigenvalue weighted by Gasteiger charge is -2.31. The number of imidazole rings is 1. The van der Waals surface area contributed by atoms with Crippen LogP contribution >= 0.6 is 0 Å². The average molecular weight is 1810 g/mol. The first kappa shape index (κ1) is 90.8. The minimum absolute atomic E-state index is 0.00146. The third-order valence-corrected chi connectivity index (χ3v) is 25.0. The van der Waals surface area contributed by atoms with Crippen molar-refractivity contribution in [1.82, 2.24) is 80.0 Å². The zero-order chi connectivity index (χ0) is 90.5. The van der Waals surface area contributed by atoms with Crippen molar-refractivity contribution in [3.63, 3.8) is 0 Å². The maximum atomic E-state index is 12.7. The molecule has 34 nitrogen and oxygen atoms in total. The molecule has 0 unspecified atom stereocenters. The lowest BCUT2D eigenvalue weighted by molar-refractivity contribution is -0.207. The van der Waals surface area contributed by atoms with Gasteiger partial charge in [-0.25, -0.2) is 44.9 Å². The van der Waals surface area contributed by atoms with Gasteiger partial charge in [-0.2, -0.15) is 18.4 Å². The fourth-order valence-electron chi connectivity index (χ4n) is 17.8. The van der Waals surface area contributed by atoms with Crippen LogP contribution in [0.4, 0.5) is 47.7 Å². The number of aromatic nitrogens is 14. The molecule has 2 amide bonds. The molecule has 5 N–H and O–H groups in total. The Hall–Kier alpha value is -13.2. The number of nitrogens with zero attached hydrogens (tertiary/aromatic N) is 19. The number of ether oxygens (including phenoxy) is 8. The van der Waals surface area contributed by atoms with Crippen LogP contribution in [0, 0.1) is 11.3 Å². The van der Waals surface area contributed by atoms with Crippen LogP contribution in [0.3, 0.4) is 0 Å². The monoisotopic (exact) mass is 1800 g/mol. The number of nitrogens with one attached hydrogen (secondary N) is 4. The van der Waals surface area contributed by atoms with Crippen molar-refractivity contribution < 1.29 is 65.8 Å². The molecule has 0 spiro atoms. The number of amides is 2. The highest BCUT2D eigenvalue weighted by Crippen LogP contribution is 2.40. The summed E-state index contributed by atoms with van der Waals surface area (Å²) in [4.78, 5) is 90.3. The van der Waals surface area contributed by atoms with E-state index < -0.39 is 12.3 Å². The van der Waals surface area contributed by atoms with E-state index in [-0.39, 0.29) is 65.9 Å². The Morgan fingerprint density at radius 2 is 0.773 bits per heavy atom. The van der Waals surface area contributed by atoms with E-state index in [0.29, 0.717) is 47.9 Å². The molecular formula is C95H108F3N23O11. The number of aliphatic hydroxyl groups is 1. The van der Waals surface area contributed by atoms with Gasteiger partial charge < -0.3 is 88.4 Å². The average Bonchev–Trinajstić information content (AvgIpc) is 1.22. The number of carbonyl (C=O) groups is 2. The molecule has 20 rings (SSSR count). The number of nitriles is 1. The zero-order valence-corrected chi connectivity index (χ0v) is 73.6. The summed E-state index contributed by atoms with van der Waals surface area (Å²) >= 11 is 0. The van der Waals surface area contributed by atoms with Crippen LogP contribution in [-0.2, 0) is 26.0 Å². The number of morpholine rings is 4. The number of aryl methyl sites for hydroxylation is 1. The standard InChI is InChI=1S/C25H28N4O3.C24H27F3N6O3.C23H25N7O2.C23H28N6O3/c30-25(18-4-2-1-3-5-18)28-19-6-8-21(9-7-19)32-23-17-20(29-12-14-31-15-13-29)16-22-24(23)27-11-10-26-22;25-24(26,27)22(34)15-13-30-23(31-14-15)32-16-1-3-18(4-2-16)36-20-12-17(33-7-9-35-10-8-33)11-19-21(20)29-6-5-28-19;24-14-17-11-22(28-15-27-17)29-16-1-3-19(4-2-16)32-21-13-18(30-7-9-31-10-8-30)12-20-23(21)26-6-5-25-20;1-28-9-8-26-22(28)23(30)27-16-2-4-18(5-3-16)32-20-15-17(29-10-12-31-13-11-29)14-19-21(20)25-7-6-24-19/h1-5,10-11,16-17,19,21H,6-9,12-15H2,(H,28,30);5-6,11-14,16,18,22,34H,1-4,7-10H2,(H,30,31,32);5-6,11-13,15-16,19H,1-4,7-10H2,(H,27,28,29);6-9,14-16,18H,2-5,10-13H2,1H3,(H,27,30)/t;16?,18?,22-;;/m.1../s1. The molecular weight excluding hydrogens is 1700 g/mol. The molecule has 690 valence electrons. The Kier molecular flexibility index (Phi) is 30.1. The van der Waals surface area contributed by atoms with Crippen molar-refractivity contribution in [2.24, 2.45) is 7.05 Å². The molecule has 4 saturated carbocycles. The molecule has 0 bridgehead atoms. The van der Waals surface area contributed by atoms with Gasteiger partial charge in [0.25, 0.3) is 11.8 Å². The van der Waals surface area contributed by atoms with Gasteiger partial charge in [0.05, 0.1) is 99.3 Å². The van der Waals surface area contributed by atoms with Crippen LogP contribution in [0.1, 0.15) is 141 Å². The van der Waals surface area contributed by atoms with E-state index >= 15 is 0 Å². The maximum absolute atomic E-state index is 12.7. The smallest absolute Gasteiger partial charge is 0.418 e. The molecule has 4 aliphatic heterocycles. The zero-order valence-electron chi connectivity index (χ0n) is 73.6. The van der Waals surface area contributed by atoms with Crippen molar-refractivity contribution in [3.8, 4) is 29.1 Å². The summed E-state index contributed by atoms with van der Waals surface area (Å²) in [5, 5.41) is 31.2. The summed E-state index contributed by atoms with van der Waals surface area (Å²) in [6.45, 7) is 12.5. The largest absolute Gasteiger partial charge is 0.488 e. The summed E-state index contributed by atoms with van der Waals surface area (Å²) in [6, 6.07) is 30.4. The second-order valence-corrected chi connectivity index (χ2v) is 33.9. The molecule has 5 aromatic carbocycles. The highest BCUT2D eigenvalue weighted by Gasteiger charge is 2.40. The van der Waals surface area contributed by atoms with Gasteiger partial charge in [-0.3, -0.25) is 29.5 Å². The van der Waals surface area contributed by atoms with Crippen molar-refractivity contribution in [2.75, 3.05) is 135 Å². The first-order valence-corrected chi connectivity index (χ1v) is 45.5. The number of hydrogen-bond donors (Lipinski definition) is 5. The van der Waals surface area contributed by atoms with Crippen LogP contribution in [0.25, 0.3) is 44.1 Å². The highest BCUT2D eigenvalue weighted by molar-refractivity contribution is 5.94. The summed E-state index contributed by atoms with van der Waals surface area (Å²) < 4.78 is 87.5. The van der Waals surface area contributed by atoms with Gasteiger partial charge in [-0.15, -0.1) is 0 Å². The van der Waals surface area contributed by atoms with Crippen molar-refractivity contribution in [3.05, 3.63) is 188 Å². The third kappa shape index (κ3) is 23.8. The van der Waals surface area contributed by atoms with Gasteiger partial charge in [0.1, 0.15) is 69.0 Å². The number of rotatable bonds is 21. The Balaban J connectivity index is 0.000000123. The number of carbonyl (C=O) groups excluding carboxylic acids is 2. The molecule has 12 aromatic rings. The number of benzene rings is 5. The Bertz CT molecular complexity index is 5860. The Morgan fingerprint density at radius 1 is 0.424 bits per heavy atom. The molecule has 7 aromatic heterocycles. The van der Waals surface area contributed by atoms with Gasteiger partial charge >= 0.3 is 6.18 Å². The van der Waals surface area contributed by atoms with E-state index in [1.165, 1.54) is 6.33 Å².